The van der Waals surface area contributed by atoms with Crippen LogP contribution < -0.4 is 0 Å². The Kier molecular flexibility index (Phi) is 3.68. The first-order valence-corrected chi connectivity index (χ1v) is 6.37. The highest BCUT2D eigenvalue weighted by Gasteiger charge is 2.40. The van der Waals surface area contributed by atoms with Gasteiger partial charge in [0.25, 0.3) is 5.91 Å². The lowest BCUT2D eigenvalue weighted by Crippen LogP contribution is -2.50. The zero-order valence-electron chi connectivity index (χ0n) is 11.1. The summed E-state index contributed by atoms with van der Waals surface area (Å²) in [6, 6.07) is 9.45. The van der Waals surface area contributed by atoms with Crippen molar-refractivity contribution >= 4 is 5.91 Å². The lowest BCUT2D eigenvalue weighted by Gasteiger charge is -2.35. The van der Waals surface area contributed by atoms with E-state index in [1.807, 2.05) is 44.0 Å². The van der Waals surface area contributed by atoms with E-state index in [9.17, 15) is 9.90 Å². The number of hydrazine groups is 1. The smallest absolute Gasteiger partial charge is 0.270 e. The zero-order chi connectivity index (χ0) is 13.3. The quantitative estimate of drug-likeness (QED) is 0.869. The number of benzene rings is 1. The van der Waals surface area contributed by atoms with Gasteiger partial charge in [-0.1, -0.05) is 18.2 Å². The van der Waals surface area contributed by atoms with Crippen LogP contribution in [0, 0.1) is 0 Å². The van der Waals surface area contributed by atoms with Crippen molar-refractivity contribution in [1.29, 1.82) is 0 Å². The van der Waals surface area contributed by atoms with Gasteiger partial charge in [0.2, 0.25) is 0 Å². The molecule has 1 heterocycles. The average molecular weight is 248 g/mol. The highest BCUT2D eigenvalue weighted by molar-refractivity contribution is 5.94. The summed E-state index contributed by atoms with van der Waals surface area (Å²) in [5.41, 5.74) is 0.608. The molecule has 1 aromatic carbocycles. The Morgan fingerprint density at radius 3 is 2.50 bits per heavy atom. The van der Waals surface area contributed by atoms with Gasteiger partial charge in [-0.3, -0.25) is 4.79 Å². The summed E-state index contributed by atoms with van der Waals surface area (Å²) >= 11 is 0. The first kappa shape index (κ1) is 13.1. The largest absolute Gasteiger partial charge is 0.372 e. The van der Waals surface area contributed by atoms with Crippen molar-refractivity contribution in [3.05, 3.63) is 35.9 Å². The van der Waals surface area contributed by atoms with E-state index in [4.69, 9.17) is 0 Å². The van der Waals surface area contributed by atoms with Crippen LogP contribution in [0.3, 0.4) is 0 Å². The second kappa shape index (κ2) is 5.08. The molecule has 1 aliphatic rings. The number of aliphatic hydroxyl groups excluding tert-OH is 1. The maximum Gasteiger partial charge on any atom is 0.270 e. The average Bonchev–Trinajstić information content (AvgIpc) is 2.64. The van der Waals surface area contributed by atoms with E-state index in [2.05, 4.69) is 0 Å². The molecular formula is C14H20N2O2. The molecule has 98 valence electrons. The summed E-state index contributed by atoms with van der Waals surface area (Å²) in [7, 11) is 0. The van der Waals surface area contributed by atoms with E-state index in [0.717, 1.165) is 0 Å². The molecule has 0 unspecified atom stereocenters. The third-order valence-corrected chi connectivity index (χ3v) is 3.29. The van der Waals surface area contributed by atoms with Gasteiger partial charge in [0.15, 0.2) is 0 Å². The van der Waals surface area contributed by atoms with Gasteiger partial charge < -0.3 is 5.11 Å². The molecule has 1 saturated heterocycles. The summed E-state index contributed by atoms with van der Waals surface area (Å²) < 4.78 is 0. The minimum Gasteiger partial charge on any atom is -0.372 e. The molecule has 1 fully saturated rings. The predicted molar refractivity (Wildman–Crippen MR) is 69.7 cm³/mol. The van der Waals surface area contributed by atoms with Gasteiger partial charge in [0, 0.05) is 24.1 Å². The van der Waals surface area contributed by atoms with Gasteiger partial charge in [-0.25, -0.2) is 10.0 Å². The van der Waals surface area contributed by atoms with Crippen LogP contribution in [0.1, 0.15) is 37.6 Å². The highest BCUT2D eigenvalue weighted by Crippen LogP contribution is 2.27. The molecule has 18 heavy (non-hydrogen) atoms. The van der Waals surface area contributed by atoms with Gasteiger partial charge in [0.05, 0.1) is 0 Å². The Balaban J connectivity index is 2.28. The first-order valence-electron chi connectivity index (χ1n) is 6.37. The minimum absolute atomic E-state index is 0.138. The summed E-state index contributed by atoms with van der Waals surface area (Å²) in [5.74, 6) is -0.138. The predicted octanol–water partition coefficient (Wildman–Crippen LogP) is 1.86. The van der Waals surface area contributed by atoms with Crippen molar-refractivity contribution < 1.29 is 9.90 Å². The molecule has 1 aromatic rings. The number of amides is 1. The van der Waals surface area contributed by atoms with Crippen LogP contribution in [0.2, 0.25) is 0 Å². The molecule has 4 nitrogen and oxygen atoms in total. The Bertz CT molecular complexity index is 419. The summed E-state index contributed by atoms with van der Waals surface area (Å²) in [6.07, 6.45) is -0.133. The highest BCUT2D eigenvalue weighted by atomic mass is 16.3. The van der Waals surface area contributed by atoms with Crippen LogP contribution in [0.15, 0.2) is 30.3 Å². The van der Waals surface area contributed by atoms with E-state index in [-0.39, 0.29) is 18.0 Å². The topological polar surface area (TPSA) is 43.8 Å². The molecule has 2 rings (SSSR count). The van der Waals surface area contributed by atoms with Crippen LogP contribution in [-0.2, 0) is 0 Å². The first-order chi connectivity index (χ1) is 8.52. The molecule has 1 N–H and O–H groups in total. The molecule has 0 saturated carbocycles. The van der Waals surface area contributed by atoms with E-state index in [1.165, 1.54) is 5.01 Å². The number of hydrogen-bond donors (Lipinski definition) is 1. The lowest BCUT2D eigenvalue weighted by molar-refractivity contribution is -0.0780. The normalized spacial score (nSPS) is 24.8. The van der Waals surface area contributed by atoms with Crippen LogP contribution in [0.5, 0.6) is 0 Å². The van der Waals surface area contributed by atoms with Gasteiger partial charge in [-0.05, 0) is 32.9 Å². The number of carbonyl (C=O) groups excluding carboxylic acids is 1. The van der Waals surface area contributed by atoms with Crippen LogP contribution >= 0.6 is 0 Å². The third kappa shape index (κ3) is 2.26. The monoisotopic (exact) mass is 248 g/mol. The number of nitrogens with zero attached hydrogens (tertiary/aromatic N) is 2. The Morgan fingerprint density at radius 2 is 1.94 bits per heavy atom. The molecule has 0 aliphatic carbocycles. The van der Waals surface area contributed by atoms with Crippen molar-refractivity contribution in [3.63, 3.8) is 0 Å². The van der Waals surface area contributed by atoms with Crippen molar-refractivity contribution in [2.45, 2.75) is 45.5 Å². The van der Waals surface area contributed by atoms with E-state index in [0.29, 0.717) is 12.0 Å². The van der Waals surface area contributed by atoms with E-state index in [1.54, 1.807) is 12.1 Å². The Hall–Kier alpha value is -1.39. The minimum atomic E-state index is -0.727. The van der Waals surface area contributed by atoms with Crippen molar-refractivity contribution in [3.8, 4) is 0 Å². The zero-order valence-corrected chi connectivity index (χ0v) is 11.1. The second-order valence-corrected chi connectivity index (χ2v) is 5.05. The number of carbonyl (C=O) groups is 1. The van der Waals surface area contributed by atoms with Crippen LogP contribution in [-0.4, -0.2) is 39.3 Å². The summed E-state index contributed by atoms with van der Waals surface area (Å²) in [6.45, 7) is 6.08. The van der Waals surface area contributed by atoms with Crippen LogP contribution in [0.25, 0.3) is 0 Å². The molecule has 0 radical (unpaired) electrons. The van der Waals surface area contributed by atoms with Crippen LogP contribution in [0.4, 0.5) is 0 Å². The summed E-state index contributed by atoms with van der Waals surface area (Å²) in [4.78, 5) is 12.4. The van der Waals surface area contributed by atoms with Gasteiger partial charge in [-0.15, -0.1) is 0 Å². The standard InChI is InChI=1S/C14H20N2O2/c1-10(2)15-11(3)9-13(17)16(15)14(18)12-7-5-4-6-8-12/h4-8,10-11,13,17H,9H2,1-3H3/t11-,13+/m0/s1. The number of hydrogen-bond acceptors (Lipinski definition) is 3. The Morgan fingerprint density at radius 1 is 1.33 bits per heavy atom. The fourth-order valence-corrected chi connectivity index (χ4v) is 2.59. The molecule has 1 aliphatic heterocycles. The second-order valence-electron chi connectivity index (χ2n) is 5.05. The molecule has 0 bridgehead atoms. The third-order valence-electron chi connectivity index (χ3n) is 3.29. The molecule has 2 atom stereocenters. The molecular weight excluding hydrogens is 228 g/mol. The molecule has 0 aromatic heterocycles. The van der Waals surface area contributed by atoms with Gasteiger partial charge in [-0.2, -0.15) is 0 Å². The van der Waals surface area contributed by atoms with Gasteiger partial charge in [0.1, 0.15) is 6.23 Å². The lowest BCUT2D eigenvalue weighted by atomic mass is 10.2. The van der Waals surface area contributed by atoms with Crippen molar-refractivity contribution in [2.75, 3.05) is 0 Å². The fourth-order valence-electron chi connectivity index (χ4n) is 2.59. The molecule has 1 amide bonds. The SMILES string of the molecule is CC(C)N1[C@@H](C)C[C@@H](O)N1C(=O)c1ccccc1. The number of rotatable bonds is 2. The van der Waals surface area contributed by atoms with E-state index < -0.39 is 6.23 Å². The maximum atomic E-state index is 12.4. The van der Waals surface area contributed by atoms with Crippen molar-refractivity contribution in [2.24, 2.45) is 0 Å². The van der Waals surface area contributed by atoms with E-state index >= 15 is 0 Å². The number of aliphatic hydroxyl groups is 1. The maximum absolute atomic E-state index is 12.4. The van der Waals surface area contributed by atoms with Gasteiger partial charge >= 0.3 is 0 Å². The Labute approximate surface area is 108 Å². The molecule has 4 heteroatoms. The fraction of sp³-hybridized carbons (Fsp3) is 0.500. The summed E-state index contributed by atoms with van der Waals surface area (Å²) in [5, 5.41) is 13.5. The molecule has 0 spiro atoms. The van der Waals surface area contributed by atoms with Crippen molar-refractivity contribution in [1.82, 2.24) is 10.0 Å².